The quantitative estimate of drug-likeness (QED) is 0.672. The van der Waals surface area contributed by atoms with Crippen molar-refractivity contribution in [2.75, 3.05) is 25.6 Å². The molecule has 2 heterocycles. The van der Waals surface area contributed by atoms with E-state index < -0.39 is 0 Å². The van der Waals surface area contributed by atoms with Gasteiger partial charge in [-0.25, -0.2) is 0 Å². The van der Waals surface area contributed by atoms with E-state index in [-0.39, 0.29) is 6.04 Å². The summed E-state index contributed by atoms with van der Waals surface area (Å²) in [5.74, 6) is 1.47. The van der Waals surface area contributed by atoms with Crippen LogP contribution >= 0.6 is 0 Å². The fourth-order valence-electron chi connectivity index (χ4n) is 1.75. The zero-order chi connectivity index (χ0) is 14.2. The Morgan fingerprint density at radius 2 is 2.30 bits per heavy atom. The van der Waals surface area contributed by atoms with Crippen molar-refractivity contribution in [3.05, 3.63) is 30.0 Å². The molecule has 0 aliphatic carbocycles. The second-order valence-corrected chi connectivity index (χ2v) is 4.50. The van der Waals surface area contributed by atoms with E-state index in [1.807, 2.05) is 19.1 Å². The van der Waals surface area contributed by atoms with Crippen LogP contribution in [0.25, 0.3) is 0 Å². The second kappa shape index (κ2) is 7.66. The first kappa shape index (κ1) is 14.5. The van der Waals surface area contributed by atoms with Crippen LogP contribution in [0.4, 0.5) is 6.01 Å². The van der Waals surface area contributed by atoms with Gasteiger partial charge < -0.3 is 24.2 Å². The van der Waals surface area contributed by atoms with Crippen molar-refractivity contribution in [2.45, 2.75) is 25.9 Å². The number of hydrogen-bond acceptors (Lipinski definition) is 7. The number of aromatic nitrogens is 2. The minimum absolute atomic E-state index is 0.149. The molecule has 2 aromatic rings. The Morgan fingerprint density at radius 3 is 3.05 bits per heavy atom. The first-order valence-corrected chi connectivity index (χ1v) is 6.59. The number of methoxy groups -OCH3 is 1. The van der Waals surface area contributed by atoms with Crippen LogP contribution in [0.15, 0.2) is 27.2 Å². The summed E-state index contributed by atoms with van der Waals surface area (Å²) in [6.45, 7) is 3.96. The normalized spacial score (nSPS) is 12.5. The first-order chi connectivity index (χ1) is 9.78. The number of nitrogens with one attached hydrogen (secondary N) is 2. The van der Waals surface area contributed by atoms with Gasteiger partial charge in [0.25, 0.3) is 0 Å². The zero-order valence-corrected chi connectivity index (χ0v) is 11.8. The molecule has 0 radical (unpaired) electrons. The van der Waals surface area contributed by atoms with Gasteiger partial charge in [-0.15, -0.1) is 5.10 Å². The van der Waals surface area contributed by atoms with Crippen molar-refractivity contribution in [1.29, 1.82) is 0 Å². The van der Waals surface area contributed by atoms with Gasteiger partial charge in [-0.1, -0.05) is 5.10 Å². The van der Waals surface area contributed by atoms with Crippen LogP contribution in [0.3, 0.4) is 0 Å². The van der Waals surface area contributed by atoms with Crippen LogP contribution in [0.5, 0.6) is 0 Å². The van der Waals surface area contributed by atoms with E-state index >= 15 is 0 Å². The van der Waals surface area contributed by atoms with Gasteiger partial charge in [0.2, 0.25) is 5.89 Å². The van der Waals surface area contributed by atoms with E-state index in [9.17, 15) is 0 Å². The Balaban J connectivity index is 1.74. The molecule has 0 aromatic carbocycles. The highest BCUT2D eigenvalue weighted by molar-refractivity contribution is 5.20. The van der Waals surface area contributed by atoms with Crippen LogP contribution in [-0.2, 0) is 17.7 Å². The van der Waals surface area contributed by atoms with Crippen LogP contribution < -0.4 is 10.6 Å². The van der Waals surface area contributed by atoms with Crippen molar-refractivity contribution >= 4 is 6.01 Å². The van der Waals surface area contributed by atoms with Gasteiger partial charge in [0.15, 0.2) is 0 Å². The van der Waals surface area contributed by atoms with Crippen molar-refractivity contribution in [2.24, 2.45) is 0 Å². The van der Waals surface area contributed by atoms with Gasteiger partial charge in [-0.05, 0) is 19.1 Å². The van der Waals surface area contributed by atoms with E-state index in [1.165, 1.54) is 0 Å². The number of furan rings is 1. The van der Waals surface area contributed by atoms with E-state index in [2.05, 4.69) is 20.8 Å². The Morgan fingerprint density at radius 1 is 1.40 bits per heavy atom. The summed E-state index contributed by atoms with van der Waals surface area (Å²) in [6, 6.07) is 4.39. The summed E-state index contributed by atoms with van der Waals surface area (Å²) in [7, 11) is 1.66. The summed E-state index contributed by atoms with van der Waals surface area (Å²) in [4.78, 5) is 0. The fraction of sp³-hybridized carbons (Fsp3) is 0.538. The van der Waals surface area contributed by atoms with Crippen molar-refractivity contribution in [3.63, 3.8) is 0 Å². The molecule has 2 aromatic heterocycles. The number of anilines is 1. The Hall–Kier alpha value is -1.86. The first-order valence-electron chi connectivity index (χ1n) is 6.59. The predicted octanol–water partition coefficient (Wildman–Crippen LogP) is 1.44. The third-order valence-electron chi connectivity index (χ3n) is 2.68. The average molecular weight is 280 g/mol. The van der Waals surface area contributed by atoms with Gasteiger partial charge in [0.05, 0.1) is 19.4 Å². The number of rotatable bonds is 9. The molecule has 0 aliphatic heterocycles. The van der Waals surface area contributed by atoms with Crippen molar-refractivity contribution in [1.82, 2.24) is 15.5 Å². The molecule has 0 aliphatic rings. The maximum Gasteiger partial charge on any atom is 0.315 e. The lowest BCUT2D eigenvalue weighted by Crippen LogP contribution is -2.18. The molecular weight excluding hydrogens is 260 g/mol. The molecule has 0 fully saturated rings. The van der Waals surface area contributed by atoms with E-state index in [0.717, 1.165) is 18.7 Å². The van der Waals surface area contributed by atoms with Gasteiger partial charge in [-0.2, -0.15) is 0 Å². The van der Waals surface area contributed by atoms with Crippen LogP contribution in [0, 0.1) is 0 Å². The maximum atomic E-state index is 5.49. The van der Waals surface area contributed by atoms with Crippen molar-refractivity contribution in [3.8, 4) is 0 Å². The number of hydrogen-bond donors (Lipinski definition) is 2. The molecule has 1 atom stereocenters. The van der Waals surface area contributed by atoms with Gasteiger partial charge >= 0.3 is 6.01 Å². The summed E-state index contributed by atoms with van der Waals surface area (Å²) < 4.78 is 15.7. The summed E-state index contributed by atoms with van der Waals surface area (Å²) in [5, 5.41) is 14.2. The fourth-order valence-corrected chi connectivity index (χ4v) is 1.75. The SMILES string of the molecule is COCCNCc1nnc(NC(C)Cc2ccco2)o1. The summed E-state index contributed by atoms with van der Waals surface area (Å²) >= 11 is 0. The Bertz CT molecular complexity index is 484. The largest absolute Gasteiger partial charge is 0.469 e. The smallest absolute Gasteiger partial charge is 0.315 e. The second-order valence-electron chi connectivity index (χ2n) is 4.50. The standard InChI is InChI=1S/C13H20N4O3/c1-10(8-11-4-3-6-19-11)15-13-17-16-12(20-13)9-14-5-7-18-2/h3-4,6,10,14H,5,7-9H2,1-2H3,(H,15,17). The van der Waals surface area contributed by atoms with Crippen LogP contribution in [0.2, 0.25) is 0 Å². The maximum absolute atomic E-state index is 5.49. The van der Waals surface area contributed by atoms with Gasteiger partial charge in [-0.3, -0.25) is 0 Å². The van der Waals surface area contributed by atoms with Gasteiger partial charge in [0, 0.05) is 26.1 Å². The highest BCUT2D eigenvalue weighted by atomic mass is 16.5. The van der Waals surface area contributed by atoms with E-state index in [0.29, 0.717) is 25.1 Å². The highest BCUT2D eigenvalue weighted by Gasteiger charge is 2.10. The Kier molecular flexibility index (Phi) is 5.57. The molecule has 7 heteroatoms. The summed E-state index contributed by atoms with van der Waals surface area (Å²) in [6.07, 6.45) is 2.43. The topological polar surface area (TPSA) is 85.4 Å². The molecule has 2 N–H and O–H groups in total. The molecular formula is C13H20N4O3. The Labute approximate surface area is 117 Å². The van der Waals surface area contributed by atoms with Crippen LogP contribution in [-0.4, -0.2) is 36.5 Å². The number of nitrogens with zero attached hydrogens (tertiary/aromatic N) is 2. The highest BCUT2D eigenvalue weighted by Crippen LogP contribution is 2.10. The zero-order valence-electron chi connectivity index (χ0n) is 11.8. The molecule has 0 saturated carbocycles. The third-order valence-corrected chi connectivity index (χ3v) is 2.68. The molecule has 0 amide bonds. The van der Waals surface area contributed by atoms with Crippen LogP contribution in [0.1, 0.15) is 18.6 Å². The van der Waals surface area contributed by atoms with Gasteiger partial charge in [0.1, 0.15) is 5.76 Å². The van der Waals surface area contributed by atoms with Crippen molar-refractivity contribution < 1.29 is 13.6 Å². The lowest BCUT2D eigenvalue weighted by Gasteiger charge is -2.09. The molecule has 110 valence electrons. The minimum atomic E-state index is 0.149. The molecule has 0 saturated heterocycles. The molecule has 0 bridgehead atoms. The third kappa shape index (κ3) is 4.67. The number of ether oxygens (including phenoxy) is 1. The molecule has 7 nitrogen and oxygen atoms in total. The lowest BCUT2D eigenvalue weighted by molar-refractivity contribution is 0.198. The predicted molar refractivity (Wildman–Crippen MR) is 73.4 cm³/mol. The molecule has 20 heavy (non-hydrogen) atoms. The molecule has 1 unspecified atom stereocenters. The minimum Gasteiger partial charge on any atom is -0.469 e. The molecule has 0 spiro atoms. The average Bonchev–Trinajstić information content (AvgIpc) is 3.07. The van der Waals surface area contributed by atoms with E-state index in [4.69, 9.17) is 13.6 Å². The summed E-state index contributed by atoms with van der Waals surface area (Å²) in [5.41, 5.74) is 0. The lowest BCUT2D eigenvalue weighted by atomic mass is 10.2. The monoisotopic (exact) mass is 280 g/mol. The van der Waals surface area contributed by atoms with E-state index in [1.54, 1.807) is 13.4 Å². The molecule has 2 rings (SSSR count).